The van der Waals surface area contributed by atoms with Crippen LogP contribution in [0.2, 0.25) is 5.02 Å². The van der Waals surface area contributed by atoms with Crippen LogP contribution >= 0.6 is 11.6 Å². The second-order valence-corrected chi connectivity index (χ2v) is 10.3. The van der Waals surface area contributed by atoms with Crippen LogP contribution < -0.4 is 9.62 Å². The van der Waals surface area contributed by atoms with E-state index in [1.807, 2.05) is 24.3 Å². The summed E-state index contributed by atoms with van der Waals surface area (Å²) in [5.41, 5.74) is 2.22. The number of hydrogen-bond donors (Lipinski definition) is 1. The Hall–Kier alpha value is -2.20. The van der Waals surface area contributed by atoms with E-state index in [2.05, 4.69) is 10.2 Å². The molecule has 2 aromatic rings. The van der Waals surface area contributed by atoms with E-state index in [-0.39, 0.29) is 23.7 Å². The second-order valence-electron chi connectivity index (χ2n) is 8.00. The number of halogens is 2. The summed E-state index contributed by atoms with van der Waals surface area (Å²) >= 11 is 5.84. The number of benzene rings is 2. The first-order valence-electron chi connectivity index (χ1n) is 10.8. The number of rotatable bonds is 9. The van der Waals surface area contributed by atoms with Crippen LogP contribution in [0.25, 0.3) is 0 Å². The molecule has 1 fully saturated rings. The zero-order valence-corrected chi connectivity index (χ0v) is 20.3. The van der Waals surface area contributed by atoms with Gasteiger partial charge in [-0.15, -0.1) is 0 Å². The maximum absolute atomic E-state index is 13.6. The molecule has 1 saturated heterocycles. The summed E-state index contributed by atoms with van der Waals surface area (Å²) in [6.45, 7) is 6.13. The van der Waals surface area contributed by atoms with Gasteiger partial charge >= 0.3 is 0 Å². The third kappa shape index (κ3) is 6.89. The zero-order chi connectivity index (χ0) is 24.0. The van der Waals surface area contributed by atoms with Gasteiger partial charge in [0.05, 0.1) is 30.2 Å². The van der Waals surface area contributed by atoms with Crippen LogP contribution in [0.5, 0.6) is 0 Å². The minimum atomic E-state index is -3.83. The first-order valence-corrected chi connectivity index (χ1v) is 13.0. The molecule has 0 bridgehead atoms. The minimum Gasteiger partial charge on any atom is -0.379 e. The summed E-state index contributed by atoms with van der Waals surface area (Å²) in [6.07, 6.45) is 1.24. The van der Waals surface area contributed by atoms with Crippen molar-refractivity contribution in [2.45, 2.75) is 32.5 Å². The fourth-order valence-electron chi connectivity index (χ4n) is 3.77. The van der Waals surface area contributed by atoms with Gasteiger partial charge in [0.15, 0.2) is 0 Å². The van der Waals surface area contributed by atoms with Crippen molar-refractivity contribution in [1.82, 2.24) is 10.2 Å². The van der Waals surface area contributed by atoms with Gasteiger partial charge < -0.3 is 10.1 Å². The molecule has 0 spiro atoms. The number of hydrogen-bond acceptors (Lipinski definition) is 5. The Balaban J connectivity index is 1.67. The number of carbonyl (C=O) groups is 1. The molecule has 7 nitrogen and oxygen atoms in total. The van der Waals surface area contributed by atoms with Crippen LogP contribution in [-0.4, -0.2) is 57.8 Å². The molecule has 3 rings (SSSR count). The predicted octanol–water partition coefficient (Wildman–Crippen LogP) is 3.17. The Morgan fingerprint density at radius 3 is 2.39 bits per heavy atom. The van der Waals surface area contributed by atoms with Gasteiger partial charge in [-0.3, -0.25) is 14.0 Å². The summed E-state index contributed by atoms with van der Waals surface area (Å²) in [5.74, 6) is -1.11. The quantitative estimate of drug-likeness (QED) is 0.575. The van der Waals surface area contributed by atoms with Crippen LogP contribution in [0.3, 0.4) is 0 Å². The van der Waals surface area contributed by atoms with Crippen LogP contribution in [0, 0.1) is 5.82 Å². The molecule has 10 heteroatoms. The number of nitrogens with zero attached hydrogens (tertiary/aromatic N) is 2. The highest BCUT2D eigenvalue weighted by molar-refractivity contribution is 7.92. The smallest absolute Gasteiger partial charge is 0.244 e. The number of carbonyl (C=O) groups excluding carboxylic acids is 1. The van der Waals surface area contributed by atoms with Gasteiger partial charge in [0, 0.05) is 26.2 Å². The SMILES string of the molecule is CC[C@H](C(=O)NCc1ccc(CN2CCOCC2)cc1)N(c1ccc(F)c(Cl)c1)S(C)(=O)=O. The minimum absolute atomic E-state index is 0.137. The third-order valence-electron chi connectivity index (χ3n) is 5.49. The average Bonchev–Trinajstić information content (AvgIpc) is 2.78. The molecule has 1 heterocycles. The molecule has 1 amide bonds. The summed E-state index contributed by atoms with van der Waals surface area (Å²) in [6, 6.07) is 10.5. The number of morpholine rings is 1. The normalized spacial score (nSPS) is 15.8. The van der Waals surface area contributed by atoms with Crippen molar-refractivity contribution in [3.05, 3.63) is 64.4 Å². The topological polar surface area (TPSA) is 79.0 Å². The maximum atomic E-state index is 13.6. The third-order valence-corrected chi connectivity index (χ3v) is 6.96. The van der Waals surface area contributed by atoms with Gasteiger partial charge in [-0.1, -0.05) is 42.8 Å². The van der Waals surface area contributed by atoms with E-state index in [9.17, 15) is 17.6 Å². The van der Waals surface area contributed by atoms with Crippen molar-refractivity contribution in [2.24, 2.45) is 0 Å². The Morgan fingerprint density at radius 1 is 1.18 bits per heavy atom. The first-order chi connectivity index (χ1) is 15.7. The highest BCUT2D eigenvalue weighted by Crippen LogP contribution is 2.27. The predicted molar refractivity (Wildman–Crippen MR) is 127 cm³/mol. The van der Waals surface area contributed by atoms with E-state index in [4.69, 9.17) is 16.3 Å². The fraction of sp³-hybridized carbons (Fsp3) is 0.435. The van der Waals surface area contributed by atoms with Gasteiger partial charge in [0.2, 0.25) is 15.9 Å². The van der Waals surface area contributed by atoms with Gasteiger partial charge in [0.1, 0.15) is 11.9 Å². The van der Waals surface area contributed by atoms with Gasteiger partial charge in [-0.2, -0.15) is 0 Å². The largest absolute Gasteiger partial charge is 0.379 e. The van der Waals surface area contributed by atoms with Gasteiger partial charge in [-0.25, -0.2) is 12.8 Å². The molecular formula is C23H29ClFN3O4S. The zero-order valence-electron chi connectivity index (χ0n) is 18.8. The van der Waals surface area contributed by atoms with Crippen LogP contribution in [0.1, 0.15) is 24.5 Å². The van der Waals surface area contributed by atoms with Gasteiger partial charge in [0.25, 0.3) is 0 Å². The van der Waals surface area contributed by atoms with Crippen molar-refractivity contribution in [3.8, 4) is 0 Å². The van der Waals surface area contributed by atoms with Crippen LogP contribution in [-0.2, 0) is 32.6 Å². The highest BCUT2D eigenvalue weighted by Gasteiger charge is 2.31. The molecule has 1 aliphatic rings. The Kier molecular flexibility index (Phi) is 8.69. The maximum Gasteiger partial charge on any atom is 0.244 e. The standard InChI is InChI=1S/C23H29ClFN3O4S/c1-3-22(28(33(2,30)31)19-8-9-21(25)20(24)14-19)23(29)26-15-17-4-6-18(7-5-17)16-27-10-12-32-13-11-27/h4-9,14,22H,3,10-13,15-16H2,1-2H3,(H,26,29)/t22-/m1/s1. The molecule has 1 atom stereocenters. The molecule has 0 radical (unpaired) electrons. The van der Waals surface area contributed by atoms with Crippen molar-refractivity contribution in [2.75, 3.05) is 36.9 Å². The van der Waals surface area contributed by atoms with Crippen molar-refractivity contribution in [3.63, 3.8) is 0 Å². The Bertz CT molecular complexity index is 1060. The molecule has 1 N–H and O–H groups in total. The number of amides is 1. The number of sulfonamides is 1. The van der Waals surface area contributed by atoms with E-state index in [0.29, 0.717) is 0 Å². The monoisotopic (exact) mass is 497 g/mol. The van der Waals surface area contributed by atoms with E-state index >= 15 is 0 Å². The fourth-order valence-corrected chi connectivity index (χ4v) is 5.15. The van der Waals surface area contributed by atoms with E-state index < -0.39 is 27.8 Å². The Morgan fingerprint density at radius 2 is 1.82 bits per heavy atom. The molecule has 0 saturated carbocycles. The molecule has 1 aliphatic heterocycles. The number of anilines is 1. The van der Waals surface area contributed by atoms with Crippen LogP contribution in [0.15, 0.2) is 42.5 Å². The lowest BCUT2D eigenvalue weighted by Crippen LogP contribution is -2.49. The Labute approximate surface area is 199 Å². The lowest BCUT2D eigenvalue weighted by atomic mass is 10.1. The summed E-state index contributed by atoms with van der Waals surface area (Å²) < 4.78 is 44.9. The van der Waals surface area contributed by atoms with Crippen molar-refractivity contribution >= 4 is 33.2 Å². The van der Waals surface area contributed by atoms with Crippen molar-refractivity contribution < 1.29 is 22.3 Å². The summed E-state index contributed by atoms with van der Waals surface area (Å²) in [5, 5.41) is 2.61. The van der Waals surface area contributed by atoms with Crippen LogP contribution in [0.4, 0.5) is 10.1 Å². The lowest BCUT2D eigenvalue weighted by molar-refractivity contribution is -0.122. The molecule has 180 valence electrons. The number of ether oxygens (including phenoxy) is 1. The van der Waals surface area contributed by atoms with E-state index in [0.717, 1.165) is 55.0 Å². The van der Waals surface area contributed by atoms with Crippen molar-refractivity contribution in [1.29, 1.82) is 0 Å². The molecule has 0 unspecified atom stereocenters. The molecule has 33 heavy (non-hydrogen) atoms. The van der Waals surface area contributed by atoms with E-state index in [1.165, 1.54) is 17.7 Å². The summed E-state index contributed by atoms with van der Waals surface area (Å²) in [7, 11) is -3.83. The molecule has 0 aliphatic carbocycles. The number of nitrogens with one attached hydrogen (secondary N) is 1. The molecular weight excluding hydrogens is 469 g/mol. The van der Waals surface area contributed by atoms with Gasteiger partial charge in [-0.05, 0) is 35.7 Å². The summed E-state index contributed by atoms with van der Waals surface area (Å²) in [4.78, 5) is 15.3. The first kappa shape index (κ1) is 25.4. The average molecular weight is 498 g/mol. The molecule has 2 aromatic carbocycles. The second kappa shape index (κ2) is 11.3. The molecule has 0 aromatic heterocycles. The lowest BCUT2D eigenvalue weighted by Gasteiger charge is -2.30. The highest BCUT2D eigenvalue weighted by atomic mass is 35.5. The van der Waals surface area contributed by atoms with E-state index in [1.54, 1.807) is 6.92 Å².